The molecular formula is C45H52F3N11O7. The zero-order valence-corrected chi connectivity index (χ0v) is 36.8. The quantitative estimate of drug-likeness (QED) is 0.238. The third kappa shape index (κ3) is 8.72. The SMILES string of the molecule is COc1cc(C(=O)NC2CCN(CCN3CCN(c4ccc5c(c4)C(=O)N(C4CCC(=O)NC4=O)C5=O)CC3)CC2)c(F)cc1Nc1ncc2c(n1)N(C1CCCC1)CC(F)(F)C(=O)N2C. The second-order valence-corrected chi connectivity index (χ2v) is 17.8. The van der Waals surface area contributed by atoms with Crippen molar-refractivity contribution in [3.05, 3.63) is 59.0 Å². The van der Waals surface area contributed by atoms with Gasteiger partial charge in [0.25, 0.3) is 23.6 Å². The maximum Gasteiger partial charge on any atom is 0.342 e. The molecule has 1 aliphatic carbocycles. The molecular weight excluding hydrogens is 864 g/mol. The molecule has 21 heteroatoms. The molecule has 1 aromatic heterocycles. The van der Waals surface area contributed by atoms with Crippen LogP contribution < -0.4 is 35.4 Å². The number of fused-ring (bicyclic) bond motifs is 2. The van der Waals surface area contributed by atoms with Gasteiger partial charge in [0.15, 0.2) is 5.82 Å². The summed E-state index contributed by atoms with van der Waals surface area (Å²) in [5.41, 5.74) is 1.39. The van der Waals surface area contributed by atoms with Crippen molar-refractivity contribution in [3.8, 4) is 5.75 Å². The van der Waals surface area contributed by atoms with Gasteiger partial charge in [-0.05, 0) is 56.4 Å². The predicted molar refractivity (Wildman–Crippen MR) is 235 cm³/mol. The van der Waals surface area contributed by atoms with Crippen LogP contribution in [0.15, 0.2) is 36.5 Å². The largest absolute Gasteiger partial charge is 0.495 e. The van der Waals surface area contributed by atoms with Crippen molar-refractivity contribution in [2.45, 2.75) is 75.4 Å². The second-order valence-electron chi connectivity index (χ2n) is 17.8. The average molecular weight is 916 g/mol. The molecule has 0 spiro atoms. The fourth-order valence-corrected chi connectivity index (χ4v) is 9.95. The van der Waals surface area contributed by atoms with E-state index in [9.17, 15) is 28.8 Å². The summed E-state index contributed by atoms with van der Waals surface area (Å²) in [5.74, 6) is -8.20. The van der Waals surface area contributed by atoms with Crippen molar-refractivity contribution in [2.75, 3.05) is 93.1 Å². The van der Waals surface area contributed by atoms with Gasteiger partial charge in [-0.2, -0.15) is 13.8 Å². The Morgan fingerprint density at radius 2 is 1.59 bits per heavy atom. The average Bonchev–Trinajstić information content (AvgIpc) is 3.92. The summed E-state index contributed by atoms with van der Waals surface area (Å²) in [6, 6.07) is 6.17. The van der Waals surface area contributed by atoms with Crippen LogP contribution >= 0.6 is 0 Å². The predicted octanol–water partition coefficient (Wildman–Crippen LogP) is 3.15. The molecule has 1 atom stereocenters. The highest BCUT2D eigenvalue weighted by Gasteiger charge is 2.49. The van der Waals surface area contributed by atoms with Crippen molar-refractivity contribution < 1.29 is 46.7 Å². The zero-order valence-electron chi connectivity index (χ0n) is 36.8. The first kappa shape index (κ1) is 44.8. The maximum absolute atomic E-state index is 15.7. The number of ether oxygens (including phenoxy) is 1. The summed E-state index contributed by atoms with van der Waals surface area (Å²) in [4.78, 5) is 95.7. The number of carbonyl (C=O) groups is 6. The molecule has 2 aromatic carbocycles. The number of piperidine rings is 2. The van der Waals surface area contributed by atoms with E-state index in [1.165, 1.54) is 31.3 Å². The second kappa shape index (κ2) is 18.1. The number of nitrogens with one attached hydrogen (secondary N) is 3. The lowest BCUT2D eigenvalue weighted by Crippen LogP contribution is -2.54. The first-order valence-electron chi connectivity index (χ1n) is 22.5. The molecule has 6 amide bonds. The number of likely N-dealkylation sites (tertiary alicyclic amines) is 1. The van der Waals surface area contributed by atoms with Gasteiger partial charge in [0.05, 0.1) is 42.2 Å². The minimum absolute atomic E-state index is 0.0251. The monoisotopic (exact) mass is 915 g/mol. The van der Waals surface area contributed by atoms with Gasteiger partial charge in [0.2, 0.25) is 17.8 Å². The van der Waals surface area contributed by atoms with Crippen molar-refractivity contribution in [1.29, 1.82) is 0 Å². The zero-order chi connectivity index (χ0) is 46.4. The fourth-order valence-electron chi connectivity index (χ4n) is 9.95. The molecule has 66 heavy (non-hydrogen) atoms. The molecule has 3 aromatic rings. The topological polar surface area (TPSA) is 193 Å². The summed E-state index contributed by atoms with van der Waals surface area (Å²) in [6.07, 6.45) is 5.91. The summed E-state index contributed by atoms with van der Waals surface area (Å²) in [6.45, 7) is 5.38. The van der Waals surface area contributed by atoms with Crippen molar-refractivity contribution in [3.63, 3.8) is 0 Å². The molecule has 1 unspecified atom stereocenters. The molecule has 6 aliphatic rings. The van der Waals surface area contributed by atoms with E-state index in [1.807, 2.05) is 6.07 Å². The maximum atomic E-state index is 15.7. The van der Waals surface area contributed by atoms with Crippen LogP contribution in [-0.2, 0) is 14.4 Å². The molecule has 1 saturated carbocycles. The Kier molecular flexibility index (Phi) is 12.3. The Hall–Kier alpha value is -6.35. The molecule has 3 N–H and O–H groups in total. The first-order valence-corrected chi connectivity index (χ1v) is 22.5. The lowest BCUT2D eigenvalue weighted by molar-refractivity contribution is -0.140. The van der Waals surface area contributed by atoms with E-state index in [-0.39, 0.29) is 70.5 Å². The Morgan fingerprint density at radius 1 is 0.894 bits per heavy atom. The number of hydrogen-bond donors (Lipinski definition) is 3. The van der Waals surface area contributed by atoms with Crippen LogP contribution in [0.4, 0.5) is 42.0 Å². The minimum Gasteiger partial charge on any atom is -0.495 e. The van der Waals surface area contributed by atoms with Gasteiger partial charge in [-0.25, -0.2) is 9.37 Å². The molecule has 9 rings (SSSR count). The van der Waals surface area contributed by atoms with Crippen molar-refractivity contribution >= 4 is 64.3 Å². The number of alkyl halides is 2. The summed E-state index contributed by atoms with van der Waals surface area (Å²) in [7, 11) is 2.64. The van der Waals surface area contributed by atoms with Gasteiger partial charge >= 0.3 is 5.92 Å². The van der Waals surface area contributed by atoms with Crippen LogP contribution in [0.5, 0.6) is 5.75 Å². The van der Waals surface area contributed by atoms with Gasteiger partial charge in [-0.15, -0.1) is 0 Å². The van der Waals surface area contributed by atoms with E-state index in [4.69, 9.17) is 4.74 Å². The Morgan fingerprint density at radius 3 is 2.29 bits per heavy atom. The number of carbonyl (C=O) groups excluding carboxylic acids is 6. The molecule has 6 heterocycles. The molecule has 0 radical (unpaired) electrons. The van der Waals surface area contributed by atoms with Crippen LogP contribution in [0, 0.1) is 5.82 Å². The number of hydrogen-bond acceptors (Lipinski definition) is 14. The Balaban J connectivity index is 0.752. The molecule has 18 nitrogen and oxygen atoms in total. The van der Waals surface area contributed by atoms with E-state index in [2.05, 4.69) is 40.6 Å². The van der Waals surface area contributed by atoms with Crippen LogP contribution in [0.3, 0.4) is 0 Å². The van der Waals surface area contributed by atoms with Gasteiger partial charge in [0.1, 0.15) is 23.3 Å². The third-order valence-electron chi connectivity index (χ3n) is 13.7. The van der Waals surface area contributed by atoms with E-state index in [1.54, 1.807) is 12.1 Å². The fraction of sp³-hybridized carbons (Fsp3) is 0.511. The van der Waals surface area contributed by atoms with Gasteiger partial charge in [-0.3, -0.25) is 43.9 Å². The minimum atomic E-state index is -3.64. The lowest BCUT2D eigenvalue weighted by Gasteiger charge is -2.38. The molecule has 3 saturated heterocycles. The highest BCUT2D eigenvalue weighted by molar-refractivity contribution is 6.23. The van der Waals surface area contributed by atoms with Gasteiger partial charge in [0, 0.05) is 89.7 Å². The number of amides is 6. The third-order valence-corrected chi connectivity index (χ3v) is 13.7. The van der Waals surface area contributed by atoms with Crippen molar-refractivity contribution in [2.24, 2.45) is 0 Å². The van der Waals surface area contributed by atoms with E-state index >= 15 is 13.2 Å². The molecule has 5 aliphatic heterocycles. The number of rotatable bonds is 11. The van der Waals surface area contributed by atoms with Gasteiger partial charge in [-0.1, -0.05) is 12.8 Å². The smallest absolute Gasteiger partial charge is 0.342 e. The van der Waals surface area contributed by atoms with E-state index < -0.39 is 59.8 Å². The first-order chi connectivity index (χ1) is 31.7. The molecule has 4 fully saturated rings. The summed E-state index contributed by atoms with van der Waals surface area (Å²) in [5, 5.41) is 8.12. The van der Waals surface area contributed by atoms with E-state index in [0.29, 0.717) is 25.7 Å². The van der Waals surface area contributed by atoms with E-state index in [0.717, 1.165) is 86.8 Å². The van der Waals surface area contributed by atoms with Crippen molar-refractivity contribution in [1.82, 2.24) is 35.3 Å². The molecule has 350 valence electrons. The van der Waals surface area contributed by atoms with Gasteiger partial charge < -0.3 is 35.0 Å². The van der Waals surface area contributed by atoms with Crippen LogP contribution in [0.1, 0.15) is 82.4 Å². The highest BCUT2D eigenvalue weighted by Crippen LogP contribution is 2.40. The number of halogens is 3. The lowest BCUT2D eigenvalue weighted by atomic mass is 10.0. The highest BCUT2D eigenvalue weighted by atomic mass is 19.3. The number of imide groups is 2. The number of piperazine rings is 1. The number of anilines is 5. The van der Waals surface area contributed by atoms with Crippen LogP contribution in [0.25, 0.3) is 0 Å². The standard InChI is InChI=1S/C45H52F3N11O7/c1-54-35-24-49-44(53-38(35)58(27-5-3-4-6-27)25-45(47,48)43(54)65)51-33-23-32(46)31(22-36(33)66-2)39(61)50-26-11-13-55(14-12-26)15-16-56-17-19-57(20-18-56)28-7-8-29-30(21-28)42(64)59(41(29)63)34-9-10-37(60)52-40(34)62/h7-8,21-24,26-27,34H,3-6,9-20,25H2,1-2H3,(H,50,61)(H,49,51,53)(H,52,60,62). The Labute approximate surface area is 378 Å². The number of aromatic nitrogens is 2. The summed E-state index contributed by atoms with van der Waals surface area (Å²) >= 11 is 0. The number of nitrogens with zero attached hydrogens (tertiary/aromatic N) is 8. The number of methoxy groups -OCH3 is 1. The molecule has 0 bridgehead atoms. The van der Waals surface area contributed by atoms with Crippen LogP contribution in [0.2, 0.25) is 0 Å². The summed E-state index contributed by atoms with van der Waals surface area (Å²) < 4.78 is 51.3. The Bertz CT molecular complexity index is 2450. The van der Waals surface area contributed by atoms with Crippen LogP contribution in [-0.4, -0.2) is 157 Å². The number of benzene rings is 2. The normalized spacial score (nSPS) is 22.1.